The Hall–Kier alpha value is -0.540. The minimum Gasteiger partial charge on any atom is -0.368 e. The minimum atomic E-state index is 0. The highest BCUT2D eigenvalue weighted by Gasteiger charge is 2.16. The molecule has 0 aliphatic rings. The molecular weight excluding hydrogens is 514 g/mol. The molecule has 0 radical (unpaired) electrons. The molecule has 152 valence electrons. The Morgan fingerprint density at radius 1 is 1.07 bits per heavy atom. The van der Waals surface area contributed by atoms with Crippen molar-refractivity contribution in [1.29, 1.82) is 0 Å². The largest absolute Gasteiger partial charge is 0.368 e. The third-order valence-electron chi connectivity index (χ3n) is 4.07. The molecule has 9 heteroatoms. The molecule has 0 atom stereocenters. The van der Waals surface area contributed by atoms with Crippen molar-refractivity contribution in [2.75, 3.05) is 49.7 Å². The highest BCUT2D eigenvalue weighted by molar-refractivity contribution is 8.93. The van der Waals surface area contributed by atoms with Crippen LogP contribution in [-0.4, -0.2) is 54.4 Å². The molecule has 2 aromatic rings. The Balaban J connectivity index is 0.00000338. The van der Waals surface area contributed by atoms with Gasteiger partial charge in [0.15, 0.2) is 0 Å². The Morgan fingerprint density at radius 3 is 2.26 bits per heavy atom. The van der Waals surface area contributed by atoms with E-state index in [0.29, 0.717) is 11.1 Å². The van der Waals surface area contributed by atoms with Crippen molar-refractivity contribution < 1.29 is 0 Å². The zero-order chi connectivity index (χ0) is 18.2. The molecule has 5 nitrogen and oxygen atoms in total. The first-order valence-corrected chi connectivity index (χ1v) is 10.1. The SMILES string of the molecule is Br.Br.CCN(CC)CCNc1nc(N(C)c2ccccc2)nc(Cl)c1SC. The van der Waals surface area contributed by atoms with Crippen LogP contribution in [0.1, 0.15) is 13.8 Å². The number of anilines is 3. The Morgan fingerprint density at radius 2 is 1.70 bits per heavy atom. The molecule has 2 rings (SSSR count). The van der Waals surface area contributed by atoms with Crippen molar-refractivity contribution in [2.24, 2.45) is 0 Å². The Bertz CT molecular complexity index is 674. The quantitative estimate of drug-likeness (QED) is 0.333. The monoisotopic (exact) mass is 539 g/mol. The summed E-state index contributed by atoms with van der Waals surface area (Å²) in [7, 11) is 1.94. The van der Waals surface area contributed by atoms with E-state index in [1.165, 1.54) is 0 Å². The van der Waals surface area contributed by atoms with Gasteiger partial charge in [-0.1, -0.05) is 43.6 Å². The fourth-order valence-corrected chi connectivity index (χ4v) is 3.42. The maximum absolute atomic E-state index is 6.41. The smallest absolute Gasteiger partial charge is 0.233 e. The number of hydrogen-bond donors (Lipinski definition) is 1. The summed E-state index contributed by atoms with van der Waals surface area (Å²) in [4.78, 5) is 14.4. The average Bonchev–Trinajstić information content (AvgIpc) is 2.65. The lowest BCUT2D eigenvalue weighted by Gasteiger charge is -2.21. The van der Waals surface area contributed by atoms with Crippen LogP contribution in [0.3, 0.4) is 0 Å². The lowest BCUT2D eigenvalue weighted by atomic mass is 10.3. The average molecular weight is 542 g/mol. The summed E-state index contributed by atoms with van der Waals surface area (Å²) >= 11 is 7.97. The lowest BCUT2D eigenvalue weighted by Crippen LogP contribution is -2.29. The molecule has 0 saturated heterocycles. The third kappa shape index (κ3) is 7.42. The normalized spacial score (nSPS) is 10.1. The van der Waals surface area contributed by atoms with Crippen LogP contribution in [0.15, 0.2) is 35.2 Å². The number of rotatable bonds is 9. The topological polar surface area (TPSA) is 44.3 Å². The number of likely N-dealkylation sites (N-methyl/N-ethyl adjacent to an activating group) is 1. The van der Waals surface area contributed by atoms with E-state index in [-0.39, 0.29) is 34.0 Å². The van der Waals surface area contributed by atoms with E-state index in [9.17, 15) is 0 Å². The van der Waals surface area contributed by atoms with Crippen LogP contribution in [0.5, 0.6) is 0 Å². The minimum absolute atomic E-state index is 0. The van der Waals surface area contributed by atoms with Crippen molar-refractivity contribution in [1.82, 2.24) is 14.9 Å². The molecule has 27 heavy (non-hydrogen) atoms. The predicted molar refractivity (Wildman–Crippen MR) is 130 cm³/mol. The van der Waals surface area contributed by atoms with Gasteiger partial charge in [-0.25, -0.2) is 0 Å². The Kier molecular flexibility index (Phi) is 13.3. The van der Waals surface area contributed by atoms with Gasteiger partial charge in [-0.05, 0) is 31.5 Å². The van der Waals surface area contributed by atoms with Gasteiger partial charge in [0.25, 0.3) is 0 Å². The molecule has 0 spiro atoms. The number of aromatic nitrogens is 2. The van der Waals surface area contributed by atoms with Gasteiger partial charge in [-0.15, -0.1) is 45.7 Å². The number of halogens is 3. The summed E-state index contributed by atoms with van der Waals surface area (Å²) < 4.78 is 0. The van der Waals surface area contributed by atoms with Gasteiger partial charge < -0.3 is 15.1 Å². The summed E-state index contributed by atoms with van der Waals surface area (Å²) in [6, 6.07) is 10.0. The van der Waals surface area contributed by atoms with Crippen LogP contribution in [-0.2, 0) is 0 Å². The Labute approximate surface area is 192 Å². The van der Waals surface area contributed by atoms with Gasteiger partial charge in [0.05, 0.1) is 4.90 Å². The molecule has 0 aliphatic heterocycles. The van der Waals surface area contributed by atoms with Crippen LogP contribution < -0.4 is 10.2 Å². The van der Waals surface area contributed by atoms with Crippen LogP contribution in [0.25, 0.3) is 0 Å². The van der Waals surface area contributed by atoms with Crippen LogP contribution >= 0.6 is 57.3 Å². The molecule has 0 amide bonds. The van der Waals surface area contributed by atoms with Crippen LogP contribution in [0.4, 0.5) is 17.5 Å². The molecular formula is C18H28Br2ClN5S. The van der Waals surface area contributed by atoms with Crippen LogP contribution in [0.2, 0.25) is 5.15 Å². The van der Waals surface area contributed by atoms with Crippen molar-refractivity contribution >= 4 is 74.8 Å². The first kappa shape index (κ1) is 26.5. The van der Waals surface area contributed by atoms with Gasteiger partial charge in [0.2, 0.25) is 5.95 Å². The fourth-order valence-electron chi connectivity index (χ4n) is 2.50. The fraction of sp³-hybridized carbons (Fsp3) is 0.444. The first-order valence-electron chi connectivity index (χ1n) is 8.47. The standard InChI is InChI=1S/C18H26ClN5S.2BrH/c1-5-24(6-2)13-12-20-17-15(25-4)16(19)21-18(22-17)23(3)14-10-8-7-9-11-14;;/h7-11H,5-6,12-13H2,1-4H3,(H,20,21,22);2*1H. The third-order valence-corrected chi connectivity index (χ3v) is 5.26. The summed E-state index contributed by atoms with van der Waals surface area (Å²) in [5.74, 6) is 1.37. The maximum atomic E-state index is 6.41. The number of hydrogen-bond acceptors (Lipinski definition) is 6. The van der Waals surface area contributed by atoms with Gasteiger partial charge in [0, 0.05) is 25.8 Å². The van der Waals surface area contributed by atoms with E-state index in [1.54, 1.807) is 11.8 Å². The van der Waals surface area contributed by atoms with E-state index in [2.05, 4.69) is 29.0 Å². The van der Waals surface area contributed by atoms with E-state index in [0.717, 1.165) is 42.6 Å². The number of nitrogens with zero attached hydrogens (tertiary/aromatic N) is 4. The number of nitrogens with one attached hydrogen (secondary N) is 1. The zero-order valence-electron chi connectivity index (χ0n) is 16.1. The van der Waals surface area contributed by atoms with Crippen molar-refractivity contribution in [3.05, 3.63) is 35.5 Å². The molecule has 1 N–H and O–H groups in total. The van der Waals surface area contributed by atoms with Gasteiger partial charge in [0.1, 0.15) is 11.0 Å². The number of benzene rings is 1. The first-order chi connectivity index (χ1) is 12.1. The molecule has 0 bridgehead atoms. The van der Waals surface area contributed by atoms with Gasteiger partial charge in [-0.3, -0.25) is 0 Å². The highest BCUT2D eigenvalue weighted by Crippen LogP contribution is 2.33. The number of thioether (sulfide) groups is 1. The molecule has 0 saturated carbocycles. The second kappa shape index (κ2) is 13.6. The maximum Gasteiger partial charge on any atom is 0.233 e. The zero-order valence-corrected chi connectivity index (χ0v) is 21.1. The highest BCUT2D eigenvalue weighted by atomic mass is 79.9. The van der Waals surface area contributed by atoms with Gasteiger partial charge >= 0.3 is 0 Å². The molecule has 0 fully saturated rings. The van der Waals surface area contributed by atoms with Crippen molar-refractivity contribution in [3.8, 4) is 0 Å². The summed E-state index contributed by atoms with van der Waals surface area (Å²) in [6.07, 6.45) is 1.99. The molecule has 1 heterocycles. The molecule has 1 aromatic carbocycles. The van der Waals surface area contributed by atoms with Crippen molar-refractivity contribution in [2.45, 2.75) is 18.7 Å². The van der Waals surface area contributed by atoms with E-state index in [1.807, 2.05) is 48.5 Å². The molecule has 0 aliphatic carbocycles. The van der Waals surface area contributed by atoms with Crippen molar-refractivity contribution in [3.63, 3.8) is 0 Å². The van der Waals surface area contributed by atoms with E-state index >= 15 is 0 Å². The second-order valence-electron chi connectivity index (χ2n) is 5.54. The van der Waals surface area contributed by atoms with Crippen LogP contribution in [0, 0.1) is 0 Å². The lowest BCUT2D eigenvalue weighted by molar-refractivity contribution is 0.316. The summed E-state index contributed by atoms with van der Waals surface area (Å²) in [6.45, 7) is 8.21. The summed E-state index contributed by atoms with van der Waals surface area (Å²) in [5.41, 5.74) is 1.02. The predicted octanol–water partition coefficient (Wildman–Crippen LogP) is 5.53. The van der Waals surface area contributed by atoms with E-state index in [4.69, 9.17) is 16.6 Å². The summed E-state index contributed by atoms with van der Waals surface area (Å²) in [5, 5.41) is 3.90. The number of para-hydroxylation sites is 1. The van der Waals surface area contributed by atoms with Gasteiger partial charge in [-0.2, -0.15) is 9.97 Å². The second-order valence-corrected chi connectivity index (χ2v) is 6.72. The molecule has 1 aromatic heterocycles. The molecule has 0 unspecified atom stereocenters. The van der Waals surface area contributed by atoms with E-state index < -0.39 is 0 Å².